The molecule has 0 aliphatic heterocycles. The van der Waals surface area contributed by atoms with Crippen molar-refractivity contribution in [1.82, 2.24) is 9.38 Å². The summed E-state index contributed by atoms with van der Waals surface area (Å²) in [5.41, 5.74) is 4.20. The van der Waals surface area contributed by atoms with Crippen LogP contribution in [0.1, 0.15) is 21.6 Å². The molecule has 0 saturated heterocycles. The number of nitrogens with one attached hydrogen (secondary N) is 1. The molecule has 0 unspecified atom stereocenters. The number of hydrogen-bond donors (Lipinski definition) is 1. The van der Waals surface area contributed by atoms with E-state index in [1.165, 1.54) is 0 Å². The summed E-state index contributed by atoms with van der Waals surface area (Å²) in [6.07, 6.45) is 4.38. The Morgan fingerprint density at radius 3 is 2.59 bits per heavy atom. The van der Waals surface area contributed by atoms with Crippen molar-refractivity contribution >= 4 is 29.0 Å². The average Bonchev–Trinajstić information content (AvgIpc) is 3.17. The Balaban J connectivity index is 1.35. The smallest absolute Gasteiger partial charge is 0.255 e. The number of fused-ring (bicyclic) bond motifs is 1. The van der Waals surface area contributed by atoms with Crippen LogP contribution in [0.5, 0.6) is 0 Å². The highest BCUT2D eigenvalue weighted by molar-refractivity contribution is 7.98. The molecule has 5 nitrogen and oxygen atoms in total. The van der Waals surface area contributed by atoms with Crippen LogP contribution in [0.15, 0.2) is 84.0 Å². The number of nitriles is 1. The van der Waals surface area contributed by atoms with Crippen molar-refractivity contribution in [3.8, 4) is 6.07 Å². The number of rotatable bonds is 6. The fourth-order valence-electron chi connectivity index (χ4n) is 2.92. The maximum absolute atomic E-state index is 12.4. The number of aromatic nitrogens is 2. The van der Waals surface area contributed by atoms with Gasteiger partial charge >= 0.3 is 0 Å². The van der Waals surface area contributed by atoms with Crippen LogP contribution in [-0.4, -0.2) is 15.3 Å². The van der Waals surface area contributed by atoms with Gasteiger partial charge in [0.1, 0.15) is 5.65 Å². The molecule has 2 aromatic carbocycles. The zero-order chi connectivity index (χ0) is 20.1. The summed E-state index contributed by atoms with van der Waals surface area (Å²) in [5.74, 6) is 0.609. The number of hydrogen-bond acceptors (Lipinski definition) is 4. The van der Waals surface area contributed by atoms with Gasteiger partial charge in [0.25, 0.3) is 5.91 Å². The molecule has 6 heteroatoms. The van der Waals surface area contributed by atoms with Gasteiger partial charge < -0.3 is 9.72 Å². The van der Waals surface area contributed by atoms with E-state index >= 15 is 0 Å². The quantitative estimate of drug-likeness (QED) is 0.467. The van der Waals surface area contributed by atoms with E-state index in [0.29, 0.717) is 17.7 Å². The molecule has 0 radical (unpaired) electrons. The maximum atomic E-state index is 12.4. The highest BCUT2D eigenvalue weighted by Gasteiger charge is 2.07. The fourth-order valence-corrected chi connectivity index (χ4v) is 3.70. The highest BCUT2D eigenvalue weighted by Crippen LogP contribution is 2.23. The van der Waals surface area contributed by atoms with Crippen molar-refractivity contribution in [3.05, 3.63) is 95.9 Å². The first-order valence-corrected chi connectivity index (χ1v) is 10.1. The lowest BCUT2D eigenvalue weighted by molar-refractivity contribution is 0.102. The van der Waals surface area contributed by atoms with Gasteiger partial charge in [-0.25, -0.2) is 4.98 Å². The molecule has 0 fully saturated rings. The number of carbonyl (C=O) groups excluding carboxylic acids is 1. The number of anilines is 1. The van der Waals surface area contributed by atoms with Gasteiger partial charge in [-0.15, -0.1) is 11.8 Å². The SMILES string of the molecule is N#CCc1ccc(NC(=O)c2ccc(SCc3cn4ccccc4n3)cc2)cc1. The molecule has 0 atom stereocenters. The van der Waals surface area contributed by atoms with E-state index in [1.54, 1.807) is 11.8 Å². The molecule has 0 spiro atoms. The molecule has 1 N–H and O–H groups in total. The van der Waals surface area contributed by atoms with Crippen molar-refractivity contribution in [3.63, 3.8) is 0 Å². The Morgan fingerprint density at radius 1 is 1.07 bits per heavy atom. The number of nitrogens with zero attached hydrogens (tertiary/aromatic N) is 3. The van der Waals surface area contributed by atoms with Gasteiger partial charge in [-0.05, 0) is 54.1 Å². The molecular formula is C23H18N4OS. The Hall–Kier alpha value is -3.56. The van der Waals surface area contributed by atoms with Crippen molar-refractivity contribution in [2.75, 3.05) is 5.32 Å². The first-order valence-electron chi connectivity index (χ1n) is 9.14. The molecule has 2 aromatic heterocycles. The van der Waals surface area contributed by atoms with Gasteiger partial charge in [0, 0.05) is 34.3 Å². The van der Waals surface area contributed by atoms with Crippen LogP contribution in [-0.2, 0) is 12.2 Å². The minimum Gasteiger partial charge on any atom is -0.322 e. The van der Waals surface area contributed by atoms with Crippen LogP contribution in [0.25, 0.3) is 5.65 Å². The van der Waals surface area contributed by atoms with Crippen LogP contribution in [0.4, 0.5) is 5.69 Å². The molecule has 0 aliphatic carbocycles. The van der Waals surface area contributed by atoms with Crippen LogP contribution >= 0.6 is 11.8 Å². The van der Waals surface area contributed by atoms with Crippen molar-refractivity contribution < 1.29 is 4.79 Å². The van der Waals surface area contributed by atoms with Gasteiger partial charge in [-0.2, -0.15) is 5.26 Å². The van der Waals surface area contributed by atoms with E-state index in [-0.39, 0.29) is 5.91 Å². The number of thioether (sulfide) groups is 1. The van der Waals surface area contributed by atoms with E-state index in [9.17, 15) is 4.79 Å². The Bertz CT molecular complexity index is 1140. The van der Waals surface area contributed by atoms with Crippen molar-refractivity contribution in [2.24, 2.45) is 0 Å². The standard InChI is InChI=1S/C23H18N4OS/c24-13-12-17-4-8-19(9-5-17)26-23(28)18-6-10-21(11-7-18)29-16-20-15-27-14-2-1-3-22(27)25-20/h1-11,14-15H,12,16H2,(H,26,28). The summed E-state index contributed by atoms with van der Waals surface area (Å²) >= 11 is 1.69. The van der Waals surface area contributed by atoms with E-state index < -0.39 is 0 Å². The summed E-state index contributed by atoms with van der Waals surface area (Å²) in [6.45, 7) is 0. The summed E-state index contributed by atoms with van der Waals surface area (Å²) in [4.78, 5) is 18.1. The lowest BCUT2D eigenvalue weighted by atomic mass is 10.1. The monoisotopic (exact) mass is 398 g/mol. The van der Waals surface area contributed by atoms with E-state index in [2.05, 4.69) is 16.4 Å². The summed E-state index contributed by atoms with van der Waals surface area (Å²) in [5, 5.41) is 11.6. The molecule has 142 valence electrons. The zero-order valence-corrected chi connectivity index (χ0v) is 16.4. The molecule has 29 heavy (non-hydrogen) atoms. The lowest BCUT2D eigenvalue weighted by Gasteiger charge is -2.07. The maximum Gasteiger partial charge on any atom is 0.255 e. The predicted octanol–water partition coefficient (Wildman–Crippen LogP) is 4.94. The second kappa shape index (κ2) is 8.63. The number of imidazole rings is 1. The number of amides is 1. The molecule has 0 bridgehead atoms. The summed E-state index contributed by atoms with van der Waals surface area (Å²) < 4.78 is 2.01. The highest BCUT2D eigenvalue weighted by atomic mass is 32.2. The van der Waals surface area contributed by atoms with Gasteiger partial charge in [0.15, 0.2) is 0 Å². The van der Waals surface area contributed by atoms with E-state index in [0.717, 1.165) is 27.6 Å². The molecular weight excluding hydrogens is 380 g/mol. The van der Waals surface area contributed by atoms with Crippen molar-refractivity contribution in [2.45, 2.75) is 17.1 Å². The van der Waals surface area contributed by atoms with Gasteiger partial charge in [0.2, 0.25) is 0 Å². The molecule has 4 aromatic rings. The normalized spacial score (nSPS) is 10.6. The van der Waals surface area contributed by atoms with Crippen LogP contribution in [0, 0.1) is 11.3 Å². The third-order valence-electron chi connectivity index (χ3n) is 4.41. The minimum atomic E-state index is -0.157. The summed E-state index contributed by atoms with van der Waals surface area (Å²) in [7, 11) is 0. The van der Waals surface area contributed by atoms with E-state index in [4.69, 9.17) is 5.26 Å². The topological polar surface area (TPSA) is 70.2 Å². The van der Waals surface area contributed by atoms with Crippen LogP contribution in [0.2, 0.25) is 0 Å². The van der Waals surface area contributed by atoms with Crippen LogP contribution in [0.3, 0.4) is 0 Å². The second-order valence-electron chi connectivity index (χ2n) is 6.50. The molecule has 0 saturated carbocycles. The first-order chi connectivity index (χ1) is 14.2. The first kappa shape index (κ1) is 18.8. The zero-order valence-electron chi connectivity index (χ0n) is 15.6. The molecule has 2 heterocycles. The predicted molar refractivity (Wildman–Crippen MR) is 115 cm³/mol. The minimum absolute atomic E-state index is 0.157. The number of benzene rings is 2. The average molecular weight is 398 g/mol. The lowest BCUT2D eigenvalue weighted by Crippen LogP contribution is -2.11. The summed E-state index contributed by atoms with van der Waals surface area (Å²) in [6, 6.07) is 22.9. The fraction of sp³-hybridized carbons (Fsp3) is 0.0870. The van der Waals surface area contributed by atoms with E-state index in [1.807, 2.05) is 83.5 Å². The Morgan fingerprint density at radius 2 is 1.86 bits per heavy atom. The second-order valence-corrected chi connectivity index (χ2v) is 7.55. The molecule has 4 rings (SSSR count). The largest absolute Gasteiger partial charge is 0.322 e. The van der Waals surface area contributed by atoms with Gasteiger partial charge in [-0.1, -0.05) is 18.2 Å². The van der Waals surface area contributed by atoms with Crippen LogP contribution < -0.4 is 5.32 Å². The molecule has 0 aliphatic rings. The third kappa shape index (κ3) is 4.65. The Kier molecular flexibility index (Phi) is 5.59. The van der Waals surface area contributed by atoms with Gasteiger partial charge in [-0.3, -0.25) is 4.79 Å². The Labute approximate surface area is 173 Å². The molecule has 1 amide bonds. The number of pyridine rings is 1. The number of carbonyl (C=O) groups is 1. The van der Waals surface area contributed by atoms with Crippen molar-refractivity contribution in [1.29, 1.82) is 5.26 Å². The van der Waals surface area contributed by atoms with Gasteiger partial charge in [0.05, 0.1) is 18.2 Å². The third-order valence-corrected chi connectivity index (χ3v) is 5.46.